The minimum Gasteiger partial charge on any atom is -0.486 e. The van der Waals surface area contributed by atoms with Crippen LogP contribution in [0.25, 0.3) is 0 Å². The monoisotopic (exact) mass is 340 g/mol. The molecular weight excluding hydrogens is 320 g/mol. The Kier molecular flexibility index (Phi) is 4.86. The summed E-state index contributed by atoms with van der Waals surface area (Å²) in [5.74, 6) is -0.429. The van der Waals surface area contributed by atoms with Crippen LogP contribution in [-0.4, -0.2) is 36.7 Å². The van der Waals surface area contributed by atoms with Crippen LogP contribution in [0.2, 0.25) is 0 Å². The van der Waals surface area contributed by atoms with Gasteiger partial charge in [-0.25, -0.2) is 4.79 Å². The van der Waals surface area contributed by atoms with Gasteiger partial charge in [-0.05, 0) is 17.7 Å². The highest BCUT2D eigenvalue weighted by atomic mass is 16.5. The number of Topliss-reactive ketones (excluding diaryl/α,β-unsaturated/α-hetero) is 1. The van der Waals surface area contributed by atoms with Crippen molar-refractivity contribution in [3.05, 3.63) is 64.7 Å². The summed E-state index contributed by atoms with van der Waals surface area (Å²) in [5.41, 5.74) is 2.35. The summed E-state index contributed by atoms with van der Waals surface area (Å²) < 4.78 is 10.7. The third-order valence-corrected chi connectivity index (χ3v) is 4.47. The Morgan fingerprint density at radius 1 is 1.20 bits per heavy atom. The summed E-state index contributed by atoms with van der Waals surface area (Å²) in [6.45, 7) is 1.56. The first-order valence-corrected chi connectivity index (χ1v) is 8.22. The molecule has 2 aromatic carbocycles. The van der Waals surface area contributed by atoms with Gasteiger partial charge in [-0.3, -0.25) is 4.79 Å². The van der Waals surface area contributed by atoms with E-state index < -0.39 is 12.1 Å². The molecule has 1 N–H and O–H groups in total. The largest absolute Gasteiger partial charge is 0.486 e. The molecule has 0 spiro atoms. The zero-order chi connectivity index (χ0) is 18.0. The van der Waals surface area contributed by atoms with Crippen LogP contribution >= 0.6 is 0 Å². The molecule has 0 amide bonds. The second-order valence-corrected chi connectivity index (χ2v) is 5.94. The van der Waals surface area contributed by atoms with Crippen molar-refractivity contribution in [2.75, 3.05) is 13.7 Å². The minimum atomic E-state index is -0.507. The van der Waals surface area contributed by atoms with Crippen molar-refractivity contribution >= 4 is 11.8 Å². The molecule has 2 atom stereocenters. The predicted molar refractivity (Wildman–Crippen MR) is 92.2 cm³/mol. The van der Waals surface area contributed by atoms with Crippen molar-refractivity contribution < 1.29 is 24.2 Å². The SMILES string of the molecule is CCC(=O)c1cc(C(=O)OC)cc2c1O[C@H](CO)[C@H]2c1ccccc1. The third kappa shape index (κ3) is 3.03. The number of hydrogen-bond acceptors (Lipinski definition) is 5. The van der Waals surface area contributed by atoms with E-state index in [0.29, 0.717) is 23.3 Å². The predicted octanol–water partition coefficient (Wildman–Crippen LogP) is 2.95. The standard InChI is InChI=1S/C20H20O5/c1-3-16(22)14-9-13(20(23)24-2)10-15-18(12-7-5-4-6-8-12)17(11-21)25-19(14)15/h4-10,17-18,21H,3,11H2,1-2H3/t17-,18+/m1/s1. The first-order chi connectivity index (χ1) is 12.1. The summed E-state index contributed by atoms with van der Waals surface area (Å²) in [5, 5.41) is 9.78. The van der Waals surface area contributed by atoms with E-state index in [-0.39, 0.29) is 18.3 Å². The second kappa shape index (κ2) is 7.07. The lowest BCUT2D eigenvalue weighted by atomic mass is 9.86. The van der Waals surface area contributed by atoms with Gasteiger partial charge in [0.25, 0.3) is 0 Å². The van der Waals surface area contributed by atoms with E-state index in [9.17, 15) is 14.7 Å². The third-order valence-electron chi connectivity index (χ3n) is 4.47. The number of benzene rings is 2. The van der Waals surface area contributed by atoms with E-state index >= 15 is 0 Å². The molecule has 130 valence electrons. The summed E-state index contributed by atoms with van der Waals surface area (Å²) in [6, 6.07) is 12.8. The fraction of sp³-hybridized carbons (Fsp3) is 0.300. The maximum atomic E-state index is 12.4. The Morgan fingerprint density at radius 2 is 1.92 bits per heavy atom. The van der Waals surface area contributed by atoms with Crippen molar-refractivity contribution in [3.63, 3.8) is 0 Å². The summed E-state index contributed by atoms with van der Waals surface area (Å²) in [4.78, 5) is 24.4. The molecule has 5 nitrogen and oxygen atoms in total. The zero-order valence-corrected chi connectivity index (χ0v) is 14.2. The normalized spacial score (nSPS) is 18.4. The average Bonchev–Trinajstić information content (AvgIpc) is 3.05. The molecule has 2 aromatic rings. The quantitative estimate of drug-likeness (QED) is 0.669. The van der Waals surface area contributed by atoms with Gasteiger partial charge in [0, 0.05) is 12.0 Å². The van der Waals surface area contributed by atoms with Crippen LogP contribution < -0.4 is 4.74 Å². The van der Waals surface area contributed by atoms with E-state index in [4.69, 9.17) is 9.47 Å². The van der Waals surface area contributed by atoms with Crippen LogP contribution in [-0.2, 0) is 4.74 Å². The van der Waals surface area contributed by atoms with E-state index in [1.165, 1.54) is 13.2 Å². The highest BCUT2D eigenvalue weighted by molar-refractivity contribution is 6.02. The van der Waals surface area contributed by atoms with Crippen LogP contribution in [0.4, 0.5) is 0 Å². The van der Waals surface area contributed by atoms with Gasteiger partial charge in [0.2, 0.25) is 0 Å². The Morgan fingerprint density at radius 3 is 2.52 bits per heavy atom. The van der Waals surface area contributed by atoms with Crippen molar-refractivity contribution in [3.8, 4) is 5.75 Å². The van der Waals surface area contributed by atoms with Gasteiger partial charge in [-0.2, -0.15) is 0 Å². The summed E-state index contributed by atoms with van der Waals surface area (Å²) >= 11 is 0. The number of aliphatic hydroxyl groups is 1. The van der Waals surface area contributed by atoms with Crippen molar-refractivity contribution in [1.82, 2.24) is 0 Å². The maximum Gasteiger partial charge on any atom is 0.337 e. The topological polar surface area (TPSA) is 72.8 Å². The molecule has 0 bridgehead atoms. The van der Waals surface area contributed by atoms with Crippen LogP contribution in [0.3, 0.4) is 0 Å². The highest BCUT2D eigenvalue weighted by Crippen LogP contribution is 2.45. The zero-order valence-electron chi connectivity index (χ0n) is 14.2. The fourth-order valence-electron chi connectivity index (χ4n) is 3.26. The van der Waals surface area contributed by atoms with Crippen LogP contribution in [0.5, 0.6) is 5.75 Å². The van der Waals surface area contributed by atoms with Crippen LogP contribution in [0.15, 0.2) is 42.5 Å². The molecule has 0 saturated carbocycles. The second-order valence-electron chi connectivity index (χ2n) is 5.94. The number of aliphatic hydroxyl groups excluding tert-OH is 1. The molecule has 0 aromatic heterocycles. The number of esters is 1. The van der Waals surface area contributed by atoms with E-state index in [1.807, 2.05) is 30.3 Å². The Hall–Kier alpha value is -2.66. The lowest BCUT2D eigenvalue weighted by Gasteiger charge is -2.17. The van der Waals surface area contributed by atoms with Crippen LogP contribution in [0.1, 0.15) is 51.1 Å². The molecule has 0 fully saturated rings. The molecule has 0 radical (unpaired) electrons. The van der Waals surface area contributed by atoms with Crippen molar-refractivity contribution in [2.24, 2.45) is 0 Å². The number of ketones is 1. The molecule has 5 heteroatoms. The number of carbonyl (C=O) groups is 2. The molecule has 0 unspecified atom stereocenters. The highest BCUT2D eigenvalue weighted by Gasteiger charge is 2.38. The van der Waals surface area contributed by atoms with Crippen molar-refractivity contribution in [1.29, 1.82) is 0 Å². The Bertz CT molecular complexity index is 797. The van der Waals surface area contributed by atoms with Crippen molar-refractivity contribution in [2.45, 2.75) is 25.4 Å². The molecule has 1 aliphatic heterocycles. The molecule has 25 heavy (non-hydrogen) atoms. The number of carbonyl (C=O) groups excluding carboxylic acids is 2. The van der Waals surface area contributed by atoms with Gasteiger partial charge in [-0.1, -0.05) is 37.3 Å². The fourth-order valence-corrected chi connectivity index (χ4v) is 3.26. The van der Waals surface area contributed by atoms with Gasteiger partial charge < -0.3 is 14.6 Å². The number of rotatable bonds is 5. The van der Waals surface area contributed by atoms with Gasteiger partial charge in [-0.15, -0.1) is 0 Å². The van der Waals surface area contributed by atoms with E-state index in [2.05, 4.69) is 0 Å². The molecular formula is C20H20O5. The number of fused-ring (bicyclic) bond motifs is 1. The van der Waals surface area contributed by atoms with Gasteiger partial charge in [0.15, 0.2) is 5.78 Å². The Balaban J connectivity index is 2.21. The number of hydrogen-bond donors (Lipinski definition) is 1. The van der Waals surface area contributed by atoms with E-state index in [1.54, 1.807) is 13.0 Å². The lowest BCUT2D eigenvalue weighted by molar-refractivity contribution is 0.0600. The van der Waals surface area contributed by atoms with Gasteiger partial charge in [0.05, 0.1) is 30.8 Å². The molecule has 1 aliphatic rings. The molecule has 0 aliphatic carbocycles. The summed E-state index contributed by atoms with van der Waals surface area (Å²) in [6.07, 6.45) is -0.214. The Labute approximate surface area is 146 Å². The first-order valence-electron chi connectivity index (χ1n) is 8.22. The average molecular weight is 340 g/mol. The number of methoxy groups -OCH3 is 1. The molecule has 0 saturated heterocycles. The lowest BCUT2D eigenvalue weighted by Crippen LogP contribution is -2.24. The van der Waals surface area contributed by atoms with Crippen LogP contribution in [0, 0.1) is 0 Å². The first kappa shape index (κ1) is 17.2. The van der Waals surface area contributed by atoms with Gasteiger partial charge in [0.1, 0.15) is 11.9 Å². The summed E-state index contributed by atoms with van der Waals surface area (Å²) in [7, 11) is 1.30. The smallest absolute Gasteiger partial charge is 0.337 e. The van der Waals surface area contributed by atoms with E-state index in [0.717, 1.165) is 11.1 Å². The minimum absolute atomic E-state index is 0.118. The number of ether oxygens (including phenoxy) is 2. The maximum absolute atomic E-state index is 12.4. The molecule has 3 rings (SSSR count). The van der Waals surface area contributed by atoms with Gasteiger partial charge >= 0.3 is 5.97 Å². The molecule has 1 heterocycles.